The van der Waals surface area contributed by atoms with E-state index >= 15 is 0 Å². The second kappa shape index (κ2) is 10.1. The monoisotopic (exact) mass is 471 g/mol. The third kappa shape index (κ3) is 4.52. The number of amides is 1. The first kappa shape index (κ1) is 24.1. The van der Waals surface area contributed by atoms with Gasteiger partial charge >= 0.3 is 0 Å². The summed E-state index contributed by atoms with van der Waals surface area (Å²) in [5.41, 5.74) is 3.03. The van der Waals surface area contributed by atoms with Gasteiger partial charge in [-0.15, -0.1) is 0 Å². The second-order valence-electron chi connectivity index (χ2n) is 8.76. The minimum absolute atomic E-state index is 0.0340. The van der Waals surface area contributed by atoms with Gasteiger partial charge in [0.05, 0.1) is 37.9 Å². The molecule has 1 aliphatic rings. The predicted octanol–water partition coefficient (Wildman–Crippen LogP) is 5.45. The highest BCUT2D eigenvalue weighted by Gasteiger charge is 2.46. The average Bonchev–Trinajstić information content (AvgIpc) is 3.13. The van der Waals surface area contributed by atoms with E-state index in [1.165, 1.54) is 12.0 Å². The van der Waals surface area contributed by atoms with Crippen LogP contribution in [0, 0.1) is 0 Å². The molecule has 6 heteroatoms. The molecule has 1 atom stereocenters. The van der Waals surface area contributed by atoms with Crippen LogP contribution >= 0.6 is 0 Å². The van der Waals surface area contributed by atoms with Gasteiger partial charge in [-0.05, 0) is 35.2 Å². The minimum atomic E-state index is -0.772. The summed E-state index contributed by atoms with van der Waals surface area (Å²) in [4.78, 5) is 28.2. The molecule has 3 aromatic rings. The van der Waals surface area contributed by atoms with Crippen LogP contribution in [0.15, 0.2) is 78.4 Å². The number of aliphatic hydroxyl groups is 1. The van der Waals surface area contributed by atoms with Crippen molar-refractivity contribution in [2.24, 2.45) is 0 Å². The van der Waals surface area contributed by atoms with Crippen LogP contribution in [-0.2, 0) is 16.1 Å². The summed E-state index contributed by atoms with van der Waals surface area (Å²) in [5, 5.41) is 11.4. The zero-order chi connectivity index (χ0) is 25.1. The quantitative estimate of drug-likeness (QED) is 0.282. The highest BCUT2D eigenvalue weighted by molar-refractivity contribution is 6.46. The largest absolute Gasteiger partial charge is 0.507 e. The Kier molecular flexibility index (Phi) is 6.92. The lowest BCUT2D eigenvalue weighted by Gasteiger charge is -2.26. The summed E-state index contributed by atoms with van der Waals surface area (Å²) < 4.78 is 10.9. The van der Waals surface area contributed by atoms with Crippen molar-refractivity contribution in [2.45, 2.75) is 32.4 Å². The molecule has 0 bridgehead atoms. The predicted molar refractivity (Wildman–Crippen MR) is 134 cm³/mol. The Morgan fingerprint density at radius 3 is 2.11 bits per heavy atom. The molecule has 35 heavy (non-hydrogen) atoms. The first-order valence-corrected chi connectivity index (χ1v) is 11.5. The van der Waals surface area contributed by atoms with E-state index in [1.807, 2.05) is 48.5 Å². The zero-order valence-corrected chi connectivity index (χ0v) is 20.3. The lowest BCUT2D eigenvalue weighted by molar-refractivity contribution is -0.140. The van der Waals surface area contributed by atoms with Crippen LogP contribution in [0.25, 0.3) is 5.76 Å². The molecule has 1 N–H and O–H groups in total. The lowest BCUT2D eigenvalue weighted by Crippen LogP contribution is -2.29. The maximum absolute atomic E-state index is 13.4. The molecule has 6 nitrogen and oxygen atoms in total. The first-order valence-electron chi connectivity index (χ1n) is 11.5. The van der Waals surface area contributed by atoms with Gasteiger partial charge in [-0.2, -0.15) is 0 Å². The van der Waals surface area contributed by atoms with E-state index in [9.17, 15) is 14.7 Å². The van der Waals surface area contributed by atoms with Crippen LogP contribution in [0.3, 0.4) is 0 Å². The van der Waals surface area contributed by atoms with Crippen molar-refractivity contribution >= 4 is 17.4 Å². The van der Waals surface area contributed by atoms with Crippen molar-refractivity contribution in [3.8, 4) is 11.5 Å². The molecule has 1 aliphatic heterocycles. The molecule has 0 saturated carbocycles. The molecule has 1 heterocycles. The van der Waals surface area contributed by atoms with Crippen molar-refractivity contribution in [1.29, 1.82) is 0 Å². The molecule has 0 aromatic heterocycles. The third-order valence-corrected chi connectivity index (χ3v) is 6.35. The Balaban J connectivity index is 1.89. The van der Waals surface area contributed by atoms with Crippen molar-refractivity contribution in [3.05, 3.63) is 101 Å². The fourth-order valence-electron chi connectivity index (χ4n) is 4.46. The Morgan fingerprint density at radius 2 is 1.49 bits per heavy atom. The van der Waals surface area contributed by atoms with Crippen LogP contribution in [0.1, 0.15) is 48.1 Å². The third-order valence-electron chi connectivity index (χ3n) is 6.35. The van der Waals surface area contributed by atoms with E-state index in [0.717, 1.165) is 16.7 Å². The molecule has 4 rings (SSSR count). The van der Waals surface area contributed by atoms with Gasteiger partial charge in [0.15, 0.2) is 0 Å². The Labute approximate surface area is 205 Å². The summed E-state index contributed by atoms with van der Waals surface area (Å²) >= 11 is 0. The van der Waals surface area contributed by atoms with E-state index in [0.29, 0.717) is 23.0 Å². The van der Waals surface area contributed by atoms with Crippen molar-refractivity contribution in [1.82, 2.24) is 4.90 Å². The number of methoxy groups -OCH3 is 2. The molecule has 1 fully saturated rings. The summed E-state index contributed by atoms with van der Waals surface area (Å²) in [6.45, 7) is 4.35. The van der Waals surface area contributed by atoms with Crippen molar-refractivity contribution in [3.63, 3.8) is 0 Å². The molecule has 0 spiro atoms. The number of rotatable bonds is 7. The van der Waals surface area contributed by atoms with Crippen LogP contribution in [-0.4, -0.2) is 35.9 Å². The molecule has 1 amide bonds. The van der Waals surface area contributed by atoms with Gasteiger partial charge in [0.1, 0.15) is 17.3 Å². The van der Waals surface area contributed by atoms with Crippen LogP contribution in [0.5, 0.6) is 11.5 Å². The molecule has 1 unspecified atom stereocenters. The summed E-state index contributed by atoms with van der Waals surface area (Å²) in [5.74, 6) is -0.312. The summed E-state index contributed by atoms with van der Waals surface area (Å²) in [7, 11) is 3.06. The Hall–Kier alpha value is -4.06. The smallest absolute Gasteiger partial charge is 0.295 e. The van der Waals surface area contributed by atoms with Gasteiger partial charge in [0.2, 0.25) is 0 Å². The number of ether oxygens (including phenoxy) is 2. The highest BCUT2D eigenvalue weighted by atomic mass is 16.5. The number of aliphatic hydroxyl groups excluding tert-OH is 1. The van der Waals surface area contributed by atoms with Crippen molar-refractivity contribution < 1.29 is 24.2 Å². The Bertz CT molecular complexity index is 1280. The minimum Gasteiger partial charge on any atom is -0.507 e. The number of carbonyl (C=O) groups excluding carboxylic acids is 2. The SMILES string of the molecule is COc1ccccc1CN1C(=O)C(=O)/C(=C(\O)c2ccccc2OC)C1c1ccc(C(C)C)cc1. The van der Waals surface area contributed by atoms with Gasteiger partial charge in [-0.3, -0.25) is 9.59 Å². The highest BCUT2D eigenvalue weighted by Crippen LogP contribution is 2.42. The van der Waals surface area contributed by atoms with Gasteiger partial charge in [-0.1, -0.05) is 68.4 Å². The van der Waals surface area contributed by atoms with Crippen molar-refractivity contribution in [2.75, 3.05) is 14.2 Å². The van der Waals surface area contributed by atoms with Gasteiger partial charge in [0, 0.05) is 5.56 Å². The Morgan fingerprint density at radius 1 is 0.886 bits per heavy atom. The number of para-hydroxylation sites is 2. The summed E-state index contributed by atoms with van der Waals surface area (Å²) in [6, 6.07) is 21.3. The van der Waals surface area contributed by atoms with Gasteiger partial charge < -0.3 is 19.5 Å². The number of ketones is 1. The number of Topliss-reactive ketones (excluding diaryl/α,β-unsaturated/α-hetero) is 1. The van der Waals surface area contributed by atoms with Crippen LogP contribution < -0.4 is 9.47 Å². The molecule has 0 aliphatic carbocycles. The van der Waals surface area contributed by atoms with E-state index in [-0.39, 0.29) is 17.9 Å². The maximum Gasteiger partial charge on any atom is 0.295 e. The topological polar surface area (TPSA) is 76.1 Å². The van der Waals surface area contributed by atoms with Crippen LogP contribution in [0.2, 0.25) is 0 Å². The van der Waals surface area contributed by atoms with Crippen LogP contribution in [0.4, 0.5) is 0 Å². The fraction of sp³-hybridized carbons (Fsp3) is 0.241. The zero-order valence-electron chi connectivity index (χ0n) is 20.3. The van der Waals surface area contributed by atoms with Gasteiger partial charge in [0.25, 0.3) is 11.7 Å². The van der Waals surface area contributed by atoms with E-state index < -0.39 is 17.7 Å². The molecule has 0 radical (unpaired) electrons. The standard InChI is InChI=1S/C29H29NO5/c1-18(2)19-13-15-20(16-14-19)26-25(27(31)22-10-6-8-12-24(22)35-4)28(32)29(33)30(26)17-21-9-5-7-11-23(21)34-3/h5-16,18,26,31H,17H2,1-4H3/b27-25-. The summed E-state index contributed by atoms with van der Waals surface area (Å²) in [6.07, 6.45) is 0. The molecule has 180 valence electrons. The second-order valence-corrected chi connectivity index (χ2v) is 8.76. The number of carbonyl (C=O) groups is 2. The van der Waals surface area contributed by atoms with Gasteiger partial charge in [-0.25, -0.2) is 0 Å². The lowest BCUT2D eigenvalue weighted by atomic mass is 9.93. The van der Waals surface area contributed by atoms with E-state index in [1.54, 1.807) is 31.4 Å². The number of benzene rings is 3. The number of hydrogen-bond acceptors (Lipinski definition) is 5. The van der Waals surface area contributed by atoms with E-state index in [4.69, 9.17) is 9.47 Å². The molecule has 3 aromatic carbocycles. The number of hydrogen-bond donors (Lipinski definition) is 1. The molecular weight excluding hydrogens is 442 g/mol. The molecular formula is C29H29NO5. The maximum atomic E-state index is 13.4. The van der Waals surface area contributed by atoms with E-state index in [2.05, 4.69) is 13.8 Å². The fourth-order valence-corrected chi connectivity index (χ4v) is 4.46. The first-order chi connectivity index (χ1) is 16.9. The number of nitrogens with zero attached hydrogens (tertiary/aromatic N) is 1. The number of likely N-dealkylation sites (tertiary alicyclic amines) is 1. The molecule has 1 saturated heterocycles. The normalized spacial score (nSPS) is 17.2. The average molecular weight is 472 g/mol.